The lowest BCUT2D eigenvalue weighted by Crippen LogP contribution is -2.34. The summed E-state index contributed by atoms with van der Waals surface area (Å²) in [6.45, 7) is 6.85. The molecule has 2 N–H and O–H groups in total. The molecule has 82 valence electrons. The van der Waals surface area contributed by atoms with Crippen LogP contribution in [-0.4, -0.2) is 31.1 Å². The summed E-state index contributed by atoms with van der Waals surface area (Å²) < 4.78 is 0. The van der Waals surface area contributed by atoms with Crippen LogP contribution in [0.25, 0.3) is 0 Å². The molecule has 0 aromatic carbocycles. The SMILES string of the molecule is CCN1CCCC(C/C=C\CCN)C1. The highest BCUT2D eigenvalue weighted by Gasteiger charge is 2.16. The summed E-state index contributed by atoms with van der Waals surface area (Å²) in [5.74, 6) is 0.887. The Kier molecular flexibility index (Phi) is 5.88. The number of rotatable bonds is 5. The summed E-state index contributed by atoms with van der Waals surface area (Å²) in [5, 5.41) is 0. The van der Waals surface area contributed by atoms with Gasteiger partial charge in [0, 0.05) is 6.54 Å². The van der Waals surface area contributed by atoms with Gasteiger partial charge in [-0.15, -0.1) is 0 Å². The molecule has 0 spiro atoms. The quantitative estimate of drug-likeness (QED) is 0.682. The fourth-order valence-corrected chi connectivity index (χ4v) is 2.13. The van der Waals surface area contributed by atoms with E-state index in [0.29, 0.717) is 0 Å². The highest BCUT2D eigenvalue weighted by Crippen LogP contribution is 2.19. The zero-order valence-corrected chi connectivity index (χ0v) is 9.41. The molecule has 0 bridgehead atoms. The van der Waals surface area contributed by atoms with Crippen molar-refractivity contribution in [1.29, 1.82) is 0 Å². The monoisotopic (exact) mass is 196 g/mol. The predicted molar refractivity (Wildman–Crippen MR) is 62.3 cm³/mol. The van der Waals surface area contributed by atoms with Crippen molar-refractivity contribution in [2.45, 2.75) is 32.6 Å². The lowest BCUT2D eigenvalue weighted by molar-refractivity contribution is 0.184. The van der Waals surface area contributed by atoms with Gasteiger partial charge in [0.05, 0.1) is 0 Å². The molecule has 1 atom stereocenters. The van der Waals surface area contributed by atoms with Gasteiger partial charge in [-0.2, -0.15) is 0 Å². The van der Waals surface area contributed by atoms with Crippen molar-refractivity contribution in [3.05, 3.63) is 12.2 Å². The highest BCUT2D eigenvalue weighted by molar-refractivity contribution is 4.86. The van der Waals surface area contributed by atoms with E-state index in [9.17, 15) is 0 Å². The first-order valence-electron chi connectivity index (χ1n) is 5.94. The predicted octanol–water partition coefficient (Wildman–Crippen LogP) is 2.01. The highest BCUT2D eigenvalue weighted by atomic mass is 15.1. The number of piperidine rings is 1. The Labute approximate surface area is 88.2 Å². The van der Waals surface area contributed by atoms with Crippen LogP contribution < -0.4 is 5.73 Å². The van der Waals surface area contributed by atoms with E-state index in [4.69, 9.17) is 5.73 Å². The van der Waals surface area contributed by atoms with Gasteiger partial charge in [0.15, 0.2) is 0 Å². The van der Waals surface area contributed by atoms with Crippen molar-refractivity contribution >= 4 is 0 Å². The zero-order valence-electron chi connectivity index (χ0n) is 9.41. The molecule has 0 aromatic rings. The molecule has 0 saturated carbocycles. The van der Waals surface area contributed by atoms with Crippen LogP contribution in [0.2, 0.25) is 0 Å². The van der Waals surface area contributed by atoms with Crippen LogP contribution in [0.5, 0.6) is 0 Å². The van der Waals surface area contributed by atoms with Gasteiger partial charge in [-0.3, -0.25) is 0 Å². The normalized spacial score (nSPS) is 24.6. The second kappa shape index (κ2) is 7.02. The van der Waals surface area contributed by atoms with E-state index < -0.39 is 0 Å². The maximum absolute atomic E-state index is 5.43. The summed E-state index contributed by atoms with van der Waals surface area (Å²) >= 11 is 0. The third kappa shape index (κ3) is 4.25. The van der Waals surface area contributed by atoms with E-state index in [1.165, 1.54) is 38.9 Å². The molecular weight excluding hydrogens is 172 g/mol. The molecule has 1 aliphatic heterocycles. The van der Waals surface area contributed by atoms with Crippen LogP contribution in [0.1, 0.15) is 32.6 Å². The molecule has 1 rings (SSSR count). The Morgan fingerprint density at radius 2 is 2.29 bits per heavy atom. The van der Waals surface area contributed by atoms with E-state index >= 15 is 0 Å². The molecule has 0 amide bonds. The minimum absolute atomic E-state index is 0.780. The number of allylic oxidation sites excluding steroid dienone is 1. The molecular formula is C12H24N2. The average molecular weight is 196 g/mol. The van der Waals surface area contributed by atoms with Crippen molar-refractivity contribution in [2.24, 2.45) is 11.7 Å². The fourth-order valence-electron chi connectivity index (χ4n) is 2.13. The minimum atomic E-state index is 0.780. The number of nitrogens with zero attached hydrogens (tertiary/aromatic N) is 1. The molecule has 1 saturated heterocycles. The largest absolute Gasteiger partial charge is 0.330 e. The van der Waals surface area contributed by atoms with Crippen LogP contribution in [0.15, 0.2) is 12.2 Å². The fraction of sp³-hybridized carbons (Fsp3) is 0.833. The van der Waals surface area contributed by atoms with Crippen LogP contribution in [0.3, 0.4) is 0 Å². The van der Waals surface area contributed by atoms with Crippen molar-refractivity contribution in [3.8, 4) is 0 Å². The van der Waals surface area contributed by atoms with E-state index in [1.807, 2.05) is 0 Å². The Morgan fingerprint density at radius 3 is 3.00 bits per heavy atom. The first-order chi connectivity index (χ1) is 6.86. The van der Waals surface area contributed by atoms with Crippen molar-refractivity contribution in [3.63, 3.8) is 0 Å². The van der Waals surface area contributed by atoms with Gasteiger partial charge >= 0.3 is 0 Å². The van der Waals surface area contributed by atoms with Gasteiger partial charge in [0.1, 0.15) is 0 Å². The van der Waals surface area contributed by atoms with Crippen LogP contribution in [-0.2, 0) is 0 Å². The van der Waals surface area contributed by atoms with E-state index in [2.05, 4.69) is 24.0 Å². The molecule has 0 aliphatic carbocycles. The van der Waals surface area contributed by atoms with Gasteiger partial charge < -0.3 is 10.6 Å². The van der Waals surface area contributed by atoms with Crippen molar-refractivity contribution in [2.75, 3.05) is 26.2 Å². The number of hydrogen-bond acceptors (Lipinski definition) is 2. The second-order valence-corrected chi connectivity index (χ2v) is 4.19. The van der Waals surface area contributed by atoms with Crippen LogP contribution in [0.4, 0.5) is 0 Å². The van der Waals surface area contributed by atoms with Gasteiger partial charge in [-0.05, 0) is 51.2 Å². The molecule has 14 heavy (non-hydrogen) atoms. The molecule has 0 radical (unpaired) electrons. The Hall–Kier alpha value is -0.340. The molecule has 1 heterocycles. The average Bonchev–Trinajstić information content (AvgIpc) is 2.25. The molecule has 1 unspecified atom stereocenters. The zero-order chi connectivity index (χ0) is 10.2. The van der Waals surface area contributed by atoms with Gasteiger partial charge in [-0.25, -0.2) is 0 Å². The molecule has 2 heteroatoms. The third-order valence-electron chi connectivity index (χ3n) is 3.02. The summed E-state index contributed by atoms with van der Waals surface area (Å²) in [4.78, 5) is 2.56. The van der Waals surface area contributed by atoms with Crippen molar-refractivity contribution < 1.29 is 0 Å². The summed E-state index contributed by atoms with van der Waals surface area (Å²) in [7, 11) is 0. The first kappa shape index (κ1) is 11.7. The smallest absolute Gasteiger partial charge is 0.00125 e. The van der Waals surface area contributed by atoms with E-state index in [-0.39, 0.29) is 0 Å². The minimum Gasteiger partial charge on any atom is -0.330 e. The van der Waals surface area contributed by atoms with E-state index in [0.717, 1.165) is 18.9 Å². The van der Waals surface area contributed by atoms with Gasteiger partial charge in [0.25, 0.3) is 0 Å². The second-order valence-electron chi connectivity index (χ2n) is 4.19. The Morgan fingerprint density at radius 1 is 1.43 bits per heavy atom. The Bertz CT molecular complexity index is 166. The van der Waals surface area contributed by atoms with Crippen LogP contribution in [0, 0.1) is 5.92 Å². The maximum Gasteiger partial charge on any atom is 0.00125 e. The molecule has 1 fully saturated rings. The summed E-state index contributed by atoms with van der Waals surface area (Å²) in [6.07, 6.45) is 9.61. The topological polar surface area (TPSA) is 29.3 Å². The van der Waals surface area contributed by atoms with Gasteiger partial charge in [0.2, 0.25) is 0 Å². The summed E-state index contributed by atoms with van der Waals surface area (Å²) in [6, 6.07) is 0. The van der Waals surface area contributed by atoms with Crippen LogP contribution >= 0.6 is 0 Å². The number of nitrogens with two attached hydrogens (primary N) is 1. The lowest BCUT2D eigenvalue weighted by Gasteiger charge is -2.31. The first-order valence-corrected chi connectivity index (χ1v) is 5.94. The van der Waals surface area contributed by atoms with E-state index in [1.54, 1.807) is 0 Å². The van der Waals surface area contributed by atoms with Crippen molar-refractivity contribution in [1.82, 2.24) is 4.90 Å². The maximum atomic E-state index is 5.43. The summed E-state index contributed by atoms with van der Waals surface area (Å²) in [5.41, 5.74) is 5.43. The molecule has 0 aromatic heterocycles. The molecule has 1 aliphatic rings. The Balaban J connectivity index is 2.17. The lowest BCUT2D eigenvalue weighted by atomic mass is 9.94. The number of likely N-dealkylation sites (tertiary alicyclic amines) is 1. The third-order valence-corrected chi connectivity index (χ3v) is 3.02. The standard InChI is InChI=1S/C12H24N2/c1-2-14-10-6-8-12(11-14)7-4-3-5-9-13/h3-4,12H,2,5-11,13H2,1H3/b4-3-. The molecule has 2 nitrogen and oxygen atoms in total. The van der Waals surface area contributed by atoms with Gasteiger partial charge in [-0.1, -0.05) is 19.1 Å². The number of hydrogen-bond donors (Lipinski definition) is 1.